The van der Waals surface area contributed by atoms with Crippen LogP contribution in [0.25, 0.3) is 0 Å². The average molecular weight is 873 g/mol. The van der Waals surface area contributed by atoms with Crippen molar-refractivity contribution in [1.82, 2.24) is 5.32 Å². The van der Waals surface area contributed by atoms with Crippen molar-refractivity contribution < 1.29 is 15.0 Å². The number of allylic oxidation sites excluding steroid dienone is 3. The van der Waals surface area contributed by atoms with Crippen molar-refractivity contribution in [3.05, 3.63) is 24.3 Å². The number of unbranched alkanes of at least 4 members (excludes halogenated alkanes) is 44. The van der Waals surface area contributed by atoms with Gasteiger partial charge < -0.3 is 15.5 Å². The molecule has 4 heteroatoms. The van der Waals surface area contributed by atoms with Gasteiger partial charge in [0.1, 0.15) is 0 Å². The van der Waals surface area contributed by atoms with Crippen LogP contribution in [0.1, 0.15) is 322 Å². The van der Waals surface area contributed by atoms with E-state index in [2.05, 4.69) is 31.3 Å². The van der Waals surface area contributed by atoms with Crippen LogP contribution in [0.3, 0.4) is 0 Å². The number of carbonyl (C=O) groups excluding carboxylic acids is 1. The van der Waals surface area contributed by atoms with Gasteiger partial charge in [0.15, 0.2) is 0 Å². The zero-order valence-corrected chi connectivity index (χ0v) is 42.4. The number of rotatable bonds is 53. The molecule has 0 fully saturated rings. The minimum absolute atomic E-state index is 0.0695. The normalized spacial score (nSPS) is 12.9. The van der Waals surface area contributed by atoms with E-state index in [0.29, 0.717) is 6.42 Å². The summed E-state index contributed by atoms with van der Waals surface area (Å²) < 4.78 is 0. The lowest BCUT2D eigenvalue weighted by atomic mass is 10.0. The first-order valence-corrected chi connectivity index (χ1v) is 28.6. The van der Waals surface area contributed by atoms with E-state index in [1.807, 2.05) is 6.08 Å². The number of carbonyl (C=O) groups is 1. The van der Waals surface area contributed by atoms with Crippen LogP contribution in [-0.4, -0.2) is 34.9 Å². The summed E-state index contributed by atoms with van der Waals surface area (Å²) in [6, 6.07) is -0.634. The summed E-state index contributed by atoms with van der Waals surface area (Å²) in [5.41, 5.74) is 0. The SMILES string of the molecule is CCCCCCC/C=C/CC/C=C/C(O)C(CO)NC(=O)CCCCCCCCCCCCCCCCCCCCCCCCCCCCCCCCCCCCCCCCC. The summed E-state index contributed by atoms with van der Waals surface area (Å²) in [7, 11) is 0. The second-order valence-electron chi connectivity index (χ2n) is 19.7. The third-order valence-electron chi connectivity index (χ3n) is 13.4. The average Bonchev–Trinajstić information content (AvgIpc) is 3.28. The molecule has 0 rings (SSSR count). The molecule has 0 saturated heterocycles. The van der Waals surface area contributed by atoms with Crippen LogP contribution in [0, 0.1) is 0 Å². The van der Waals surface area contributed by atoms with Gasteiger partial charge in [0.25, 0.3) is 0 Å². The lowest BCUT2D eigenvalue weighted by molar-refractivity contribution is -0.123. The van der Waals surface area contributed by atoms with E-state index in [9.17, 15) is 15.0 Å². The van der Waals surface area contributed by atoms with Crippen LogP contribution in [0.2, 0.25) is 0 Å². The molecule has 0 spiro atoms. The Morgan fingerprint density at radius 3 is 0.935 bits per heavy atom. The first-order valence-electron chi connectivity index (χ1n) is 28.6. The molecular weight excluding hydrogens is 759 g/mol. The Labute approximate surface area is 389 Å². The summed E-state index contributed by atoms with van der Waals surface area (Å²) in [6.45, 7) is 4.30. The molecule has 0 heterocycles. The smallest absolute Gasteiger partial charge is 0.220 e. The van der Waals surface area contributed by atoms with E-state index < -0.39 is 12.1 Å². The lowest BCUT2D eigenvalue weighted by Crippen LogP contribution is -2.45. The predicted octanol–water partition coefficient (Wildman–Crippen LogP) is 18.7. The first kappa shape index (κ1) is 60.9. The van der Waals surface area contributed by atoms with E-state index in [4.69, 9.17) is 0 Å². The van der Waals surface area contributed by atoms with Gasteiger partial charge in [-0.1, -0.05) is 308 Å². The summed E-state index contributed by atoms with van der Waals surface area (Å²) in [5, 5.41) is 23.0. The molecule has 0 aliphatic rings. The largest absolute Gasteiger partial charge is 0.394 e. The highest BCUT2D eigenvalue weighted by Gasteiger charge is 2.18. The Morgan fingerprint density at radius 1 is 0.371 bits per heavy atom. The molecule has 2 unspecified atom stereocenters. The Balaban J connectivity index is 3.33. The molecule has 368 valence electrons. The van der Waals surface area contributed by atoms with Gasteiger partial charge in [-0.05, 0) is 32.1 Å². The van der Waals surface area contributed by atoms with Gasteiger partial charge in [0, 0.05) is 6.42 Å². The highest BCUT2D eigenvalue weighted by Crippen LogP contribution is 2.18. The maximum Gasteiger partial charge on any atom is 0.220 e. The molecule has 0 saturated carbocycles. The third-order valence-corrected chi connectivity index (χ3v) is 13.4. The Kier molecular flexibility index (Phi) is 53.2. The Morgan fingerprint density at radius 2 is 0.629 bits per heavy atom. The van der Waals surface area contributed by atoms with E-state index in [-0.39, 0.29) is 12.5 Å². The summed E-state index contributed by atoms with van der Waals surface area (Å²) in [6.07, 6.45) is 72.4. The van der Waals surface area contributed by atoms with Gasteiger partial charge in [-0.15, -0.1) is 0 Å². The first-order chi connectivity index (χ1) is 30.7. The molecule has 0 aliphatic heterocycles. The summed E-state index contributed by atoms with van der Waals surface area (Å²) in [5.74, 6) is -0.0695. The predicted molar refractivity (Wildman–Crippen MR) is 276 cm³/mol. The lowest BCUT2D eigenvalue weighted by Gasteiger charge is -2.19. The molecular formula is C58H113NO3. The van der Waals surface area contributed by atoms with E-state index in [0.717, 1.165) is 32.1 Å². The number of aliphatic hydroxyl groups is 2. The maximum atomic E-state index is 12.4. The maximum absolute atomic E-state index is 12.4. The highest BCUT2D eigenvalue weighted by atomic mass is 16.3. The van der Waals surface area contributed by atoms with E-state index in [1.54, 1.807) is 6.08 Å². The molecule has 0 aromatic carbocycles. The van der Waals surface area contributed by atoms with Crippen molar-refractivity contribution in [2.45, 2.75) is 334 Å². The molecule has 0 aromatic rings. The van der Waals surface area contributed by atoms with Gasteiger partial charge in [0.2, 0.25) is 5.91 Å². The summed E-state index contributed by atoms with van der Waals surface area (Å²) >= 11 is 0. The van der Waals surface area contributed by atoms with Crippen LogP contribution in [0.5, 0.6) is 0 Å². The van der Waals surface area contributed by atoms with Crippen LogP contribution < -0.4 is 5.32 Å². The van der Waals surface area contributed by atoms with Crippen molar-refractivity contribution in [2.24, 2.45) is 0 Å². The van der Waals surface area contributed by atoms with Crippen LogP contribution in [0.15, 0.2) is 24.3 Å². The molecule has 1 amide bonds. The monoisotopic (exact) mass is 872 g/mol. The van der Waals surface area contributed by atoms with Crippen LogP contribution >= 0.6 is 0 Å². The molecule has 0 bridgehead atoms. The highest BCUT2D eigenvalue weighted by molar-refractivity contribution is 5.76. The Hall–Kier alpha value is -1.13. The number of amides is 1. The van der Waals surface area contributed by atoms with E-state index >= 15 is 0 Å². The molecule has 0 radical (unpaired) electrons. The fraction of sp³-hybridized carbons (Fsp3) is 0.914. The zero-order chi connectivity index (χ0) is 44.9. The van der Waals surface area contributed by atoms with E-state index in [1.165, 1.54) is 270 Å². The van der Waals surface area contributed by atoms with Crippen molar-refractivity contribution in [1.29, 1.82) is 0 Å². The second-order valence-corrected chi connectivity index (χ2v) is 19.7. The molecule has 62 heavy (non-hydrogen) atoms. The number of hydrogen-bond acceptors (Lipinski definition) is 3. The second kappa shape index (κ2) is 54.2. The minimum atomic E-state index is -0.857. The molecule has 2 atom stereocenters. The van der Waals surface area contributed by atoms with Crippen molar-refractivity contribution in [3.8, 4) is 0 Å². The van der Waals surface area contributed by atoms with Gasteiger partial charge in [-0.2, -0.15) is 0 Å². The number of aliphatic hydroxyl groups excluding tert-OH is 2. The standard InChI is InChI=1S/C58H113NO3/c1-3-5-7-9-11-13-15-16-17-18-19-20-21-22-23-24-25-26-27-28-29-30-31-32-33-34-35-36-37-38-39-40-41-42-44-46-48-50-52-54-58(62)59-56(55-60)57(61)53-51-49-47-45-43-14-12-10-8-6-4-2/h43,45,51,53,56-57,60-61H,3-42,44,46-50,52,54-55H2,1-2H3,(H,59,62)/b45-43+,53-51+. The van der Waals surface area contributed by atoms with Crippen molar-refractivity contribution in [3.63, 3.8) is 0 Å². The van der Waals surface area contributed by atoms with Gasteiger partial charge in [0.05, 0.1) is 18.8 Å². The Bertz CT molecular complexity index is 901. The molecule has 4 nitrogen and oxygen atoms in total. The molecule has 0 aromatic heterocycles. The molecule has 3 N–H and O–H groups in total. The van der Waals surface area contributed by atoms with Crippen LogP contribution in [-0.2, 0) is 4.79 Å². The van der Waals surface area contributed by atoms with Gasteiger partial charge in [-0.3, -0.25) is 4.79 Å². The van der Waals surface area contributed by atoms with Gasteiger partial charge in [-0.25, -0.2) is 0 Å². The summed E-state index contributed by atoms with van der Waals surface area (Å²) in [4.78, 5) is 12.4. The van der Waals surface area contributed by atoms with Gasteiger partial charge >= 0.3 is 0 Å². The zero-order valence-electron chi connectivity index (χ0n) is 42.4. The quantitative estimate of drug-likeness (QED) is 0.0421. The minimum Gasteiger partial charge on any atom is -0.394 e. The number of nitrogens with one attached hydrogen (secondary N) is 1. The van der Waals surface area contributed by atoms with Crippen molar-refractivity contribution >= 4 is 5.91 Å². The topological polar surface area (TPSA) is 69.6 Å². The van der Waals surface area contributed by atoms with Crippen molar-refractivity contribution in [2.75, 3.05) is 6.61 Å². The molecule has 0 aliphatic carbocycles. The number of hydrogen-bond donors (Lipinski definition) is 3. The van der Waals surface area contributed by atoms with Crippen LogP contribution in [0.4, 0.5) is 0 Å². The fourth-order valence-corrected chi connectivity index (χ4v) is 9.08. The fourth-order valence-electron chi connectivity index (χ4n) is 9.08. The third kappa shape index (κ3) is 49.9.